The molecule has 0 aliphatic rings. The monoisotopic (exact) mass is 273 g/mol. The molecule has 0 spiro atoms. The van der Waals surface area contributed by atoms with Crippen molar-refractivity contribution in [3.63, 3.8) is 0 Å². The van der Waals surface area contributed by atoms with Crippen molar-refractivity contribution in [1.29, 1.82) is 0 Å². The van der Waals surface area contributed by atoms with Gasteiger partial charge in [-0.05, 0) is 30.3 Å². The number of hydrogen-bond acceptors (Lipinski definition) is 3. The fourth-order valence-corrected chi connectivity index (χ4v) is 2.72. The van der Waals surface area contributed by atoms with Crippen LogP contribution in [0.2, 0.25) is 0 Å². The molecule has 0 aliphatic heterocycles. The van der Waals surface area contributed by atoms with Gasteiger partial charge in [-0.3, -0.25) is 4.72 Å². The van der Waals surface area contributed by atoms with Crippen LogP contribution < -0.4 is 4.72 Å². The Morgan fingerprint density at radius 3 is 2.53 bits per heavy atom. The Bertz CT molecular complexity index is 745. The Morgan fingerprint density at radius 2 is 1.84 bits per heavy atom. The molecule has 0 bridgehead atoms. The summed E-state index contributed by atoms with van der Waals surface area (Å²) in [5.41, 5.74) is 0.913. The standard InChI is InChI=1S/C14H11NO3S/c1-2-11-6-5-7-12(10-11)15-19(17,18)14-9-4-3-8-13(14)16/h1,3-10,15-16H. The Balaban J connectivity index is 2.37. The zero-order chi connectivity index (χ0) is 13.9. The molecule has 0 fully saturated rings. The van der Waals surface area contributed by atoms with Gasteiger partial charge in [0.05, 0.1) is 5.69 Å². The summed E-state index contributed by atoms with van der Waals surface area (Å²) in [5.74, 6) is 2.12. The highest BCUT2D eigenvalue weighted by molar-refractivity contribution is 7.92. The second-order valence-electron chi connectivity index (χ2n) is 3.80. The van der Waals surface area contributed by atoms with Crippen molar-refractivity contribution in [2.45, 2.75) is 4.90 Å². The van der Waals surface area contributed by atoms with E-state index < -0.39 is 10.0 Å². The van der Waals surface area contributed by atoms with Crippen LogP contribution in [0.25, 0.3) is 0 Å². The summed E-state index contributed by atoms with van der Waals surface area (Å²) in [6.45, 7) is 0. The third kappa shape index (κ3) is 2.87. The molecule has 96 valence electrons. The van der Waals surface area contributed by atoms with Gasteiger partial charge in [0.25, 0.3) is 10.0 Å². The van der Waals surface area contributed by atoms with Gasteiger partial charge < -0.3 is 5.11 Å². The molecule has 4 nitrogen and oxygen atoms in total. The summed E-state index contributed by atoms with van der Waals surface area (Å²) in [5, 5.41) is 9.57. The SMILES string of the molecule is C#Cc1cccc(NS(=O)(=O)c2ccccc2O)c1. The van der Waals surface area contributed by atoms with Gasteiger partial charge in [-0.25, -0.2) is 8.42 Å². The number of nitrogens with one attached hydrogen (secondary N) is 1. The van der Waals surface area contributed by atoms with E-state index in [1.54, 1.807) is 24.3 Å². The molecule has 2 rings (SSSR count). The van der Waals surface area contributed by atoms with Gasteiger partial charge in [-0.1, -0.05) is 24.1 Å². The van der Waals surface area contributed by atoms with Crippen molar-refractivity contribution in [2.24, 2.45) is 0 Å². The first-order valence-electron chi connectivity index (χ1n) is 5.40. The van der Waals surface area contributed by atoms with Crippen LogP contribution in [-0.4, -0.2) is 13.5 Å². The highest BCUT2D eigenvalue weighted by atomic mass is 32.2. The summed E-state index contributed by atoms with van der Waals surface area (Å²) >= 11 is 0. The fourth-order valence-electron chi connectivity index (χ4n) is 1.57. The van der Waals surface area contributed by atoms with Crippen molar-refractivity contribution < 1.29 is 13.5 Å². The molecule has 0 unspecified atom stereocenters. The lowest BCUT2D eigenvalue weighted by atomic mass is 10.2. The van der Waals surface area contributed by atoms with E-state index in [9.17, 15) is 13.5 Å². The first kappa shape index (κ1) is 13.0. The second kappa shape index (κ2) is 5.04. The highest BCUT2D eigenvalue weighted by Crippen LogP contribution is 2.24. The first-order chi connectivity index (χ1) is 9.03. The number of benzene rings is 2. The number of phenols is 1. The molecule has 0 radical (unpaired) electrons. The number of aromatic hydroxyl groups is 1. The number of rotatable bonds is 3. The molecule has 0 saturated carbocycles. The van der Waals surface area contributed by atoms with Gasteiger partial charge in [-0.15, -0.1) is 6.42 Å². The maximum Gasteiger partial charge on any atom is 0.265 e. The maximum atomic E-state index is 12.1. The summed E-state index contributed by atoms with van der Waals surface area (Å²) in [4.78, 5) is -0.180. The average molecular weight is 273 g/mol. The predicted molar refractivity (Wildman–Crippen MR) is 73.3 cm³/mol. The summed E-state index contributed by atoms with van der Waals surface area (Å²) in [6.07, 6.45) is 5.25. The lowest BCUT2D eigenvalue weighted by molar-refractivity contribution is 0.459. The Hall–Kier alpha value is -2.45. The van der Waals surface area contributed by atoms with Crippen molar-refractivity contribution in [3.8, 4) is 18.1 Å². The topological polar surface area (TPSA) is 66.4 Å². The molecule has 2 N–H and O–H groups in total. The largest absolute Gasteiger partial charge is 0.507 e. The minimum absolute atomic E-state index is 0.180. The molecule has 2 aromatic carbocycles. The van der Waals surface area contributed by atoms with E-state index in [4.69, 9.17) is 6.42 Å². The molecule has 2 aromatic rings. The van der Waals surface area contributed by atoms with Gasteiger partial charge in [0.2, 0.25) is 0 Å². The van der Waals surface area contributed by atoms with Gasteiger partial charge in [0.1, 0.15) is 10.6 Å². The number of terminal acetylenes is 1. The van der Waals surface area contributed by atoms with Crippen molar-refractivity contribution >= 4 is 15.7 Å². The number of anilines is 1. The Kier molecular flexibility index (Phi) is 3.45. The zero-order valence-corrected chi connectivity index (χ0v) is 10.7. The molecular formula is C14H11NO3S. The Labute approximate surface area is 111 Å². The van der Waals surface area contributed by atoms with Crippen LogP contribution in [0.1, 0.15) is 5.56 Å². The molecule has 0 heterocycles. The molecule has 19 heavy (non-hydrogen) atoms. The highest BCUT2D eigenvalue weighted by Gasteiger charge is 2.17. The molecule has 0 amide bonds. The maximum absolute atomic E-state index is 12.1. The van der Waals surface area contributed by atoms with Crippen molar-refractivity contribution in [2.75, 3.05) is 4.72 Å². The molecular weight excluding hydrogens is 262 g/mol. The predicted octanol–water partition coefficient (Wildman–Crippen LogP) is 2.17. The van der Waals surface area contributed by atoms with E-state index in [0.717, 1.165) is 0 Å². The molecule has 5 heteroatoms. The van der Waals surface area contributed by atoms with Gasteiger partial charge in [0, 0.05) is 5.56 Å². The quantitative estimate of drug-likeness (QED) is 0.842. The lowest BCUT2D eigenvalue weighted by Crippen LogP contribution is -2.13. The number of para-hydroxylation sites is 1. The van der Waals surface area contributed by atoms with E-state index in [2.05, 4.69) is 10.6 Å². The van der Waals surface area contributed by atoms with Crippen LogP contribution in [0.15, 0.2) is 53.4 Å². The Morgan fingerprint density at radius 1 is 1.11 bits per heavy atom. The van der Waals surface area contributed by atoms with E-state index in [1.807, 2.05) is 0 Å². The van der Waals surface area contributed by atoms with Gasteiger partial charge in [-0.2, -0.15) is 0 Å². The minimum Gasteiger partial charge on any atom is -0.507 e. The molecule has 0 aromatic heterocycles. The van der Waals surface area contributed by atoms with Crippen LogP contribution in [0.4, 0.5) is 5.69 Å². The third-order valence-electron chi connectivity index (χ3n) is 2.44. The van der Waals surface area contributed by atoms with Crippen LogP contribution in [-0.2, 0) is 10.0 Å². The van der Waals surface area contributed by atoms with E-state index in [-0.39, 0.29) is 10.6 Å². The fraction of sp³-hybridized carbons (Fsp3) is 0. The van der Waals surface area contributed by atoms with E-state index in [1.165, 1.54) is 24.3 Å². The van der Waals surface area contributed by atoms with E-state index in [0.29, 0.717) is 11.3 Å². The van der Waals surface area contributed by atoms with Crippen molar-refractivity contribution in [3.05, 3.63) is 54.1 Å². The molecule has 0 aliphatic carbocycles. The molecule has 0 atom stereocenters. The van der Waals surface area contributed by atoms with Crippen LogP contribution in [0.3, 0.4) is 0 Å². The van der Waals surface area contributed by atoms with E-state index >= 15 is 0 Å². The summed E-state index contributed by atoms with van der Waals surface area (Å²) < 4.78 is 26.6. The molecule has 0 saturated heterocycles. The number of hydrogen-bond donors (Lipinski definition) is 2. The number of phenolic OH excluding ortho intramolecular Hbond substituents is 1. The first-order valence-corrected chi connectivity index (χ1v) is 6.89. The second-order valence-corrected chi connectivity index (χ2v) is 5.45. The lowest BCUT2D eigenvalue weighted by Gasteiger charge is -2.09. The summed E-state index contributed by atoms with van der Waals surface area (Å²) in [6, 6.07) is 12.2. The zero-order valence-electron chi connectivity index (χ0n) is 9.87. The normalized spacial score (nSPS) is 10.7. The van der Waals surface area contributed by atoms with Gasteiger partial charge >= 0.3 is 0 Å². The van der Waals surface area contributed by atoms with Crippen molar-refractivity contribution in [1.82, 2.24) is 0 Å². The summed E-state index contributed by atoms with van der Waals surface area (Å²) in [7, 11) is -3.84. The van der Waals surface area contributed by atoms with Crippen LogP contribution in [0.5, 0.6) is 5.75 Å². The smallest absolute Gasteiger partial charge is 0.265 e. The third-order valence-corrected chi connectivity index (χ3v) is 3.86. The average Bonchev–Trinajstić information content (AvgIpc) is 2.38. The van der Waals surface area contributed by atoms with Crippen LogP contribution in [0, 0.1) is 12.3 Å². The number of sulfonamides is 1. The minimum atomic E-state index is -3.84. The van der Waals surface area contributed by atoms with Gasteiger partial charge in [0.15, 0.2) is 0 Å². The van der Waals surface area contributed by atoms with Crippen LogP contribution >= 0.6 is 0 Å².